The van der Waals surface area contributed by atoms with E-state index in [4.69, 9.17) is 0 Å². The quantitative estimate of drug-likeness (QED) is 0.512. The lowest BCUT2D eigenvalue weighted by Crippen LogP contribution is -2.25. The Labute approximate surface area is 80.3 Å². The van der Waals surface area contributed by atoms with Gasteiger partial charge < -0.3 is 10.4 Å². The first kappa shape index (κ1) is 10.5. The molecule has 0 aromatic heterocycles. The zero-order valence-electron chi connectivity index (χ0n) is 8.13. The molecule has 74 valence electrons. The van der Waals surface area contributed by atoms with Gasteiger partial charge in [0.2, 0.25) is 0 Å². The molecule has 0 radical (unpaired) electrons. The average molecular weight is 181 g/mol. The molecule has 0 aliphatic carbocycles. The molecule has 0 bridgehead atoms. The van der Waals surface area contributed by atoms with Crippen molar-refractivity contribution in [2.75, 3.05) is 13.1 Å². The Morgan fingerprint density at radius 3 is 3.15 bits per heavy atom. The molecule has 0 amide bonds. The molecule has 1 fully saturated rings. The van der Waals surface area contributed by atoms with Crippen LogP contribution >= 0.6 is 0 Å². The Bertz CT molecular complexity index is 187. The van der Waals surface area contributed by atoms with Crippen molar-refractivity contribution < 1.29 is 5.11 Å². The lowest BCUT2D eigenvalue weighted by Gasteiger charge is -2.10. The van der Waals surface area contributed by atoms with Crippen LogP contribution in [0.1, 0.15) is 25.7 Å². The number of nitrogens with one attached hydrogen (secondary N) is 1. The van der Waals surface area contributed by atoms with Crippen LogP contribution in [-0.2, 0) is 0 Å². The first-order valence-electron chi connectivity index (χ1n) is 5.03. The second-order valence-electron chi connectivity index (χ2n) is 3.47. The van der Waals surface area contributed by atoms with Crippen molar-refractivity contribution in [3.8, 4) is 0 Å². The van der Waals surface area contributed by atoms with Crippen molar-refractivity contribution in [3.63, 3.8) is 0 Å². The van der Waals surface area contributed by atoms with E-state index >= 15 is 0 Å². The molecule has 2 N–H and O–H groups in total. The van der Waals surface area contributed by atoms with E-state index in [0.717, 1.165) is 32.2 Å². The monoisotopic (exact) mass is 181 g/mol. The topological polar surface area (TPSA) is 32.3 Å². The highest BCUT2D eigenvalue weighted by atomic mass is 16.3. The van der Waals surface area contributed by atoms with Crippen molar-refractivity contribution in [2.24, 2.45) is 0 Å². The summed E-state index contributed by atoms with van der Waals surface area (Å²) in [4.78, 5) is 0. The van der Waals surface area contributed by atoms with E-state index in [1.165, 1.54) is 5.57 Å². The van der Waals surface area contributed by atoms with Crippen molar-refractivity contribution >= 4 is 0 Å². The van der Waals surface area contributed by atoms with Gasteiger partial charge in [0.1, 0.15) is 0 Å². The first-order valence-corrected chi connectivity index (χ1v) is 5.03. The number of hydrogen-bond donors (Lipinski definition) is 2. The average Bonchev–Trinajstić information content (AvgIpc) is 2.32. The molecule has 2 nitrogen and oxygen atoms in total. The van der Waals surface area contributed by atoms with Gasteiger partial charge in [0.15, 0.2) is 0 Å². The summed E-state index contributed by atoms with van der Waals surface area (Å²) in [6.45, 7) is 5.41. The van der Waals surface area contributed by atoms with Gasteiger partial charge in [0.25, 0.3) is 0 Å². The fourth-order valence-corrected chi connectivity index (χ4v) is 1.58. The van der Waals surface area contributed by atoms with Crippen molar-refractivity contribution in [3.05, 3.63) is 24.3 Å². The van der Waals surface area contributed by atoms with Gasteiger partial charge in [-0.25, -0.2) is 0 Å². The van der Waals surface area contributed by atoms with Gasteiger partial charge in [0, 0.05) is 6.54 Å². The molecule has 0 aromatic rings. The normalized spacial score (nSPS) is 27.2. The van der Waals surface area contributed by atoms with Crippen LogP contribution in [-0.4, -0.2) is 24.3 Å². The molecule has 1 aliphatic heterocycles. The molecule has 0 spiro atoms. The predicted molar refractivity (Wildman–Crippen MR) is 55.6 cm³/mol. The Balaban J connectivity index is 2.43. The molecular weight excluding hydrogens is 162 g/mol. The third-order valence-electron chi connectivity index (χ3n) is 2.36. The number of unbranched alkanes of at least 4 members (excludes halogenated alkanes) is 1. The molecule has 1 atom stereocenters. The fraction of sp³-hybridized carbons (Fsp3) is 0.636. The van der Waals surface area contributed by atoms with Crippen LogP contribution < -0.4 is 5.32 Å². The lowest BCUT2D eigenvalue weighted by molar-refractivity contribution is 0.209. The third kappa shape index (κ3) is 3.75. The maximum Gasteiger partial charge on any atom is 0.0874 e. The maximum absolute atomic E-state index is 9.69. The molecule has 1 saturated heterocycles. The standard InChI is InChI=1S/C11H19NO/c1-2-3-4-6-10-7-5-8-12-9-11(10)13/h2,6,11-13H,1,3-5,7-9H2/b10-6+. The number of aliphatic hydroxyl groups excluding tert-OH is 1. The van der Waals surface area contributed by atoms with E-state index in [2.05, 4.69) is 18.0 Å². The summed E-state index contributed by atoms with van der Waals surface area (Å²) in [6.07, 6.45) is 7.99. The van der Waals surface area contributed by atoms with Crippen LogP contribution in [0.2, 0.25) is 0 Å². The van der Waals surface area contributed by atoms with Crippen LogP contribution in [0.5, 0.6) is 0 Å². The van der Waals surface area contributed by atoms with Crippen LogP contribution in [0, 0.1) is 0 Å². The summed E-state index contributed by atoms with van der Waals surface area (Å²) in [5, 5.41) is 12.9. The molecule has 13 heavy (non-hydrogen) atoms. The highest BCUT2D eigenvalue weighted by Gasteiger charge is 2.12. The molecule has 2 heteroatoms. The van der Waals surface area contributed by atoms with Crippen molar-refractivity contribution in [1.29, 1.82) is 0 Å². The van der Waals surface area contributed by atoms with E-state index < -0.39 is 0 Å². The Morgan fingerprint density at radius 2 is 2.38 bits per heavy atom. The number of allylic oxidation sites excluding steroid dienone is 2. The second-order valence-corrected chi connectivity index (χ2v) is 3.47. The zero-order chi connectivity index (χ0) is 9.52. The molecule has 1 heterocycles. The van der Waals surface area contributed by atoms with Crippen LogP contribution in [0.3, 0.4) is 0 Å². The van der Waals surface area contributed by atoms with Gasteiger partial charge in [-0.1, -0.05) is 12.2 Å². The van der Waals surface area contributed by atoms with Crippen molar-refractivity contribution in [1.82, 2.24) is 5.32 Å². The van der Waals surface area contributed by atoms with Crippen LogP contribution in [0.15, 0.2) is 24.3 Å². The minimum absolute atomic E-state index is 0.271. The van der Waals surface area contributed by atoms with Crippen LogP contribution in [0.4, 0.5) is 0 Å². The van der Waals surface area contributed by atoms with Crippen LogP contribution in [0.25, 0.3) is 0 Å². The summed E-state index contributed by atoms with van der Waals surface area (Å²) in [7, 11) is 0. The summed E-state index contributed by atoms with van der Waals surface area (Å²) in [6, 6.07) is 0. The summed E-state index contributed by atoms with van der Waals surface area (Å²) >= 11 is 0. The number of β-amino-alcohol motifs (C(OH)–C–C–N with tert-alkyl or cyclic N) is 1. The van der Waals surface area contributed by atoms with Gasteiger partial charge in [0.05, 0.1) is 6.10 Å². The number of rotatable bonds is 3. The molecule has 1 aliphatic rings. The fourth-order valence-electron chi connectivity index (χ4n) is 1.58. The van der Waals surface area contributed by atoms with Crippen molar-refractivity contribution in [2.45, 2.75) is 31.8 Å². The number of aliphatic hydroxyl groups is 1. The minimum atomic E-state index is -0.271. The van der Waals surface area contributed by atoms with Gasteiger partial charge in [-0.3, -0.25) is 0 Å². The van der Waals surface area contributed by atoms with Gasteiger partial charge in [-0.05, 0) is 37.8 Å². The Hall–Kier alpha value is -0.600. The molecule has 1 unspecified atom stereocenters. The first-order chi connectivity index (χ1) is 6.34. The molecular formula is C11H19NO. The zero-order valence-corrected chi connectivity index (χ0v) is 8.13. The Kier molecular flexibility index (Phi) is 4.79. The SMILES string of the molecule is C=CCC/C=C1\CCCNCC1O. The van der Waals surface area contributed by atoms with E-state index in [0.29, 0.717) is 6.54 Å². The van der Waals surface area contributed by atoms with Gasteiger partial charge in [-0.15, -0.1) is 6.58 Å². The maximum atomic E-state index is 9.69. The highest BCUT2D eigenvalue weighted by Crippen LogP contribution is 2.14. The predicted octanol–water partition coefficient (Wildman–Crippen LogP) is 1.62. The van der Waals surface area contributed by atoms with E-state index in [1.807, 2.05) is 6.08 Å². The third-order valence-corrected chi connectivity index (χ3v) is 2.36. The highest BCUT2D eigenvalue weighted by molar-refractivity contribution is 5.10. The summed E-state index contributed by atoms with van der Waals surface area (Å²) in [5.41, 5.74) is 1.20. The molecule has 0 aromatic carbocycles. The van der Waals surface area contributed by atoms with Gasteiger partial charge >= 0.3 is 0 Å². The summed E-state index contributed by atoms with van der Waals surface area (Å²) < 4.78 is 0. The largest absolute Gasteiger partial charge is 0.387 e. The summed E-state index contributed by atoms with van der Waals surface area (Å²) in [5.74, 6) is 0. The Morgan fingerprint density at radius 1 is 1.54 bits per heavy atom. The van der Waals surface area contributed by atoms with Gasteiger partial charge in [-0.2, -0.15) is 0 Å². The van der Waals surface area contributed by atoms with E-state index in [-0.39, 0.29) is 6.10 Å². The lowest BCUT2D eigenvalue weighted by atomic mass is 10.0. The smallest absolute Gasteiger partial charge is 0.0874 e. The molecule has 1 rings (SSSR count). The van der Waals surface area contributed by atoms with E-state index in [9.17, 15) is 5.11 Å². The number of hydrogen-bond acceptors (Lipinski definition) is 2. The minimum Gasteiger partial charge on any atom is -0.387 e. The molecule has 0 saturated carbocycles. The van der Waals surface area contributed by atoms with E-state index in [1.54, 1.807) is 0 Å². The second kappa shape index (κ2) is 5.95.